The van der Waals surface area contributed by atoms with Gasteiger partial charge in [0.05, 0.1) is 25.2 Å². The van der Waals surface area contributed by atoms with Gasteiger partial charge in [-0.3, -0.25) is 14.8 Å². The summed E-state index contributed by atoms with van der Waals surface area (Å²) < 4.78 is 28.2. The second-order valence-electron chi connectivity index (χ2n) is 8.26. The Morgan fingerprint density at radius 3 is 2.57 bits per heavy atom. The Morgan fingerprint density at radius 1 is 1.06 bits per heavy atom. The third-order valence-electron chi connectivity index (χ3n) is 5.68. The van der Waals surface area contributed by atoms with E-state index in [-0.39, 0.29) is 18.5 Å². The van der Waals surface area contributed by atoms with E-state index in [0.29, 0.717) is 12.1 Å². The van der Waals surface area contributed by atoms with Gasteiger partial charge in [0, 0.05) is 12.6 Å². The van der Waals surface area contributed by atoms with Crippen LogP contribution in [0.1, 0.15) is 34.1 Å². The van der Waals surface area contributed by atoms with Crippen LogP contribution in [0.3, 0.4) is 0 Å². The lowest BCUT2D eigenvalue weighted by atomic mass is 10.00. The Bertz CT molecular complexity index is 1370. The lowest BCUT2D eigenvalue weighted by Crippen LogP contribution is -2.26. The van der Waals surface area contributed by atoms with Crippen molar-refractivity contribution in [3.8, 4) is 0 Å². The second-order valence-corrected chi connectivity index (χ2v) is 8.26. The molecule has 0 aliphatic rings. The monoisotopic (exact) mass is 479 g/mol. The van der Waals surface area contributed by atoms with E-state index in [0.717, 1.165) is 28.5 Å². The third kappa shape index (κ3) is 5.67. The largest absolute Gasteiger partial charge is 0.336 e. The molecule has 0 saturated carbocycles. The van der Waals surface area contributed by atoms with Gasteiger partial charge >= 0.3 is 0 Å². The Kier molecular flexibility index (Phi) is 7.11. The van der Waals surface area contributed by atoms with Crippen LogP contribution in [-0.4, -0.2) is 44.0 Å². The molecule has 4 aromatic rings. The number of hydrogen-bond donors (Lipinski definition) is 2. The van der Waals surface area contributed by atoms with Gasteiger partial charge in [0.25, 0.3) is 5.91 Å². The summed E-state index contributed by atoms with van der Waals surface area (Å²) in [5.74, 6) is -3.21. The molecule has 2 amide bonds. The van der Waals surface area contributed by atoms with Crippen LogP contribution in [0.2, 0.25) is 0 Å². The smallest absolute Gasteiger partial charge is 0.254 e. The molecule has 0 radical (unpaired) electrons. The minimum absolute atomic E-state index is 0.00703. The Balaban J connectivity index is 1.51. The van der Waals surface area contributed by atoms with Crippen molar-refractivity contribution in [1.29, 1.82) is 0 Å². The molecular formula is C25H23F2N5O3. The number of hydrogen-bond acceptors (Lipinski definition) is 5. The number of nitrogens with zero attached hydrogens (tertiary/aromatic N) is 4. The molecule has 4 rings (SSSR count). The Labute approximate surface area is 199 Å². The highest BCUT2D eigenvalue weighted by Crippen LogP contribution is 2.22. The first-order valence-electron chi connectivity index (χ1n) is 10.9. The summed E-state index contributed by atoms with van der Waals surface area (Å²) in [5.41, 5.74) is 3.07. The summed E-state index contributed by atoms with van der Waals surface area (Å²) in [6, 6.07) is 16.4. The van der Waals surface area contributed by atoms with Crippen LogP contribution in [0.5, 0.6) is 0 Å². The number of rotatable bonds is 8. The van der Waals surface area contributed by atoms with Crippen molar-refractivity contribution in [2.45, 2.75) is 25.4 Å². The normalized spacial score (nSPS) is 11.9. The van der Waals surface area contributed by atoms with Gasteiger partial charge in [-0.15, -0.1) is 5.10 Å². The number of nitrogens with one attached hydrogen (secondary N) is 1. The molecule has 0 fully saturated rings. The highest BCUT2D eigenvalue weighted by molar-refractivity contribution is 5.94. The molecule has 1 aromatic heterocycles. The molecule has 0 aliphatic heterocycles. The third-order valence-corrected chi connectivity index (χ3v) is 5.68. The zero-order valence-corrected chi connectivity index (χ0v) is 18.9. The average Bonchev–Trinajstić information content (AvgIpc) is 3.33. The van der Waals surface area contributed by atoms with Gasteiger partial charge in [0.2, 0.25) is 5.91 Å². The molecule has 2 N–H and O–H groups in total. The summed E-state index contributed by atoms with van der Waals surface area (Å²) in [6.07, 6.45) is 2.02. The maximum Gasteiger partial charge on any atom is 0.254 e. The molecule has 0 saturated heterocycles. The van der Waals surface area contributed by atoms with Crippen LogP contribution in [0.25, 0.3) is 10.8 Å². The van der Waals surface area contributed by atoms with E-state index in [2.05, 4.69) is 10.3 Å². The van der Waals surface area contributed by atoms with E-state index in [4.69, 9.17) is 5.21 Å². The van der Waals surface area contributed by atoms with E-state index in [1.807, 2.05) is 42.5 Å². The highest BCUT2D eigenvalue weighted by Gasteiger charge is 2.20. The first-order chi connectivity index (χ1) is 16.8. The predicted octanol–water partition coefficient (Wildman–Crippen LogP) is 3.66. The zero-order chi connectivity index (χ0) is 24.9. The van der Waals surface area contributed by atoms with Crippen molar-refractivity contribution in [2.24, 2.45) is 0 Å². The van der Waals surface area contributed by atoms with Gasteiger partial charge in [-0.1, -0.05) is 47.7 Å². The average molecular weight is 479 g/mol. The molecule has 0 bridgehead atoms. The van der Waals surface area contributed by atoms with Gasteiger partial charge < -0.3 is 4.90 Å². The molecule has 35 heavy (non-hydrogen) atoms. The molecule has 1 atom stereocenters. The van der Waals surface area contributed by atoms with Crippen molar-refractivity contribution in [1.82, 2.24) is 25.4 Å². The summed E-state index contributed by atoms with van der Waals surface area (Å²) >= 11 is 0. The molecule has 0 spiro atoms. The summed E-state index contributed by atoms with van der Waals surface area (Å²) in [5, 5.41) is 19.4. The van der Waals surface area contributed by atoms with Crippen molar-refractivity contribution in [3.05, 3.63) is 95.3 Å². The van der Waals surface area contributed by atoms with Crippen molar-refractivity contribution < 1.29 is 23.6 Å². The quantitative estimate of drug-likeness (QED) is 0.297. The number of fused-ring (bicyclic) bond motifs is 1. The Hall–Kier alpha value is -4.18. The summed E-state index contributed by atoms with van der Waals surface area (Å²) in [4.78, 5) is 25.8. The van der Waals surface area contributed by atoms with E-state index >= 15 is 0 Å². The van der Waals surface area contributed by atoms with E-state index in [9.17, 15) is 18.4 Å². The molecule has 0 unspecified atom stereocenters. The maximum absolute atomic E-state index is 13.5. The minimum Gasteiger partial charge on any atom is -0.336 e. The molecule has 180 valence electrons. The summed E-state index contributed by atoms with van der Waals surface area (Å²) in [7, 11) is 1.51. The molecule has 1 heterocycles. The lowest BCUT2D eigenvalue weighted by molar-refractivity contribution is -0.130. The van der Waals surface area contributed by atoms with Gasteiger partial charge in [-0.25, -0.2) is 18.9 Å². The number of carbonyl (C=O) groups excluding carboxylic acids is 2. The van der Waals surface area contributed by atoms with E-state index in [1.54, 1.807) is 11.7 Å². The zero-order valence-electron chi connectivity index (χ0n) is 18.9. The SMILES string of the molecule is CN(Cc1cn([C@@H](CC(=O)NO)Cc2ccc3ccccc3c2)nn1)C(=O)c1ccc(F)c(F)c1. The first kappa shape index (κ1) is 24.0. The van der Waals surface area contributed by atoms with E-state index in [1.165, 1.54) is 22.7 Å². The first-order valence-corrected chi connectivity index (χ1v) is 10.9. The van der Waals surface area contributed by atoms with Crippen LogP contribution < -0.4 is 5.48 Å². The topological polar surface area (TPSA) is 100 Å². The van der Waals surface area contributed by atoms with Crippen molar-refractivity contribution >= 4 is 22.6 Å². The lowest BCUT2D eigenvalue weighted by Gasteiger charge is -2.17. The highest BCUT2D eigenvalue weighted by atomic mass is 19.2. The van der Waals surface area contributed by atoms with Crippen LogP contribution >= 0.6 is 0 Å². The number of amides is 2. The number of carbonyl (C=O) groups is 2. The number of aromatic nitrogens is 3. The maximum atomic E-state index is 13.5. The van der Waals surface area contributed by atoms with E-state index < -0.39 is 29.5 Å². The van der Waals surface area contributed by atoms with Crippen LogP contribution in [0.15, 0.2) is 66.9 Å². The van der Waals surface area contributed by atoms with Gasteiger partial charge in [-0.05, 0) is 41.0 Å². The molecule has 0 aliphatic carbocycles. The number of halogens is 2. The molecule has 10 heteroatoms. The van der Waals surface area contributed by atoms with Crippen LogP contribution in [-0.2, 0) is 17.8 Å². The fraction of sp³-hybridized carbons (Fsp3) is 0.200. The van der Waals surface area contributed by atoms with Gasteiger partial charge in [-0.2, -0.15) is 0 Å². The Morgan fingerprint density at radius 2 is 1.83 bits per heavy atom. The van der Waals surface area contributed by atoms with Gasteiger partial charge in [0.15, 0.2) is 11.6 Å². The fourth-order valence-electron chi connectivity index (χ4n) is 3.89. The molecule has 3 aromatic carbocycles. The van der Waals surface area contributed by atoms with Crippen LogP contribution in [0, 0.1) is 11.6 Å². The summed E-state index contributed by atoms with van der Waals surface area (Å²) in [6.45, 7) is 0.0622. The predicted molar refractivity (Wildman–Crippen MR) is 123 cm³/mol. The fourth-order valence-corrected chi connectivity index (χ4v) is 3.89. The van der Waals surface area contributed by atoms with Crippen LogP contribution in [0.4, 0.5) is 8.78 Å². The molecule has 8 nitrogen and oxygen atoms in total. The standard InChI is InChI=1S/C25H23F2N5O3/c1-31(25(34)19-8-9-22(26)23(27)12-19)14-20-15-32(30-28-20)21(13-24(33)29-35)11-16-6-7-17-4-2-3-5-18(17)10-16/h2-10,12,15,21,35H,11,13-14H2,1H3,(H,29,33)/t21-/m1/s1. The number of benzene rings is 3. The van der Waals surface area contributed by atoms with Crippen molar-refractivity contribution in [3.63, 3.8) is 0 Å². The van der Waals surface area contributed by atoms with Gasteiger partial charge in [0.1, 0.15) is 5.69 Å². The second kappa shape index (κ2) is 10.4. The minimum atomic E-state index is -1.10. The number of hydroxylamine groups is 1. The van der Waals surface area contributed by atoms with Crippen molar-refractivity contribution in [2.75, 3.05) is 7.05 Å². The molecular weight excluding hydrogens is 456 g/mol.